The van der Waals surface area contributed by atoms with Crippen LogP contribution in [0.1, 0.15) is 12.6 Å². The summed E-state index contributed by atoms with van der Waals surface area (Å²) in [5.74, 6) is -0.342. The summed E-state index contributed by atoms with van der Waals surface area (Å²) in [7, 11) is 0. The van der Waals surface area contributed by atoms with E-state index in [2.05, 4.69) is 0 Å². The first-order chi connectivity index (χ1) is 7.08. The zero-order valence-corrected chi connectivity index (χ0v) is 9.21. The molecule has 0 amide bonds. The highest BCUT2D eigenvalue weighted by Gasteiger charge is 2.08. The first-order valence-corrected chi connectivity index (χ1v) is 4.92. The van der Waals surface area contributed by atoms with Crippen molar-refractivity contribution in [2.24, 2.45) is 0 Å². The Kier molecular flexibility index (Phi) is 2.40. The Hall–Kier alpha value is -1.48. The number of carbonyl (C=O) groups excluding carboxylic acids is 1. The van der Waals surface area contributed by atoms with E-state index in [4.69, 9.17) is 16.4 Å². The number of fused-ring (bicyclic) bond motifs is 1. The van der Waals surface area contributed by atoms with Crippen LogP contribution in [-0.2, 0) is 4.79 Å². The van der Waals surface area contributed by atoms with Gasteiger partial charge in [-0.15, -0.1) is 0 Å². The van der Waals surface area contributed by atoms with Crippen molar-refractivity contribution < 1.29 is 9.63 Å². The molecule has 0 fully saturated rings. The van der Waals surface area contributed by atoms with Gasteiger partial charge in [-0.05, 0) is 31.2 Å². The summed E-state index contributed by atoms with van der Waals surface area (Å²) in [5.41, 5.74) is 1.70. The molecule has 0 aliphatic carbocycles. The van der Waals surface area contributed by atoms with Crippen molar-refractivity contribution in [3.8, 4) is 0 Å². The van der Waals surface area contributed by atoms with Crippen LogP contribution in [-0.4, -0.2) is 10.7 Å². The summed E-state index contributed by atoms with van der Waals surface area (Å²) in [4.78, 5) is 16.0. The highest BCUT2D eigenvalue weighted by atomic mass is 35.5. The average molecular weight is 224 g/mol. The van der Waals surface area contributed by atoms with Crippen LogP contribution in [0.2, 0.25) is 5.02 Å². The minimum absolute atomic E-state index is 0.342. The van der Waals surface area contributed by atoms with E-state index in [9.17, 15) is 4.79 Å². The third-order valence-corrected chi connectivity index (χ3v) is 2.35. The van der Waals surface area contributed by atoms with Crippen LogP contribution >= 0.6 is 11.6 Å². The predicted molar refractivity (Wildman–Crippen MR) is 58.9 cm³/mol. The molecule has 0 atom stereocenters. The SMILES string of the molecule is CC(=O)On1c(C)cc2cc(Cl)ccc21. The maximum atomic E-state index is 10.9. The Morgan fingerprint density at radius 1 is 1.40 bits per heavy atom. The van der Waals surface area contributed by atoms with Crippen molar-refractivity contribution in [2.75, 3.05) is 0 Å². The summed E-state index contributed by atoms with van der Waals surface area (Å²) in [5, 5.41) is 1.63. The molecule has 2 rings (SSSR count). The maximum Gasteiger partial charge on any atom is 0.329 e. The van der Waals surface area contributed by atoms with Gasteiger partial charge in [-0.1, -0.05) is 11.6 Å². The highest BCUT2D eigenvalue weighted by Crippen LogP contribution is 2.22. The quantitative estimate of drug-likeness (QED) is 0.744. The topological polar surface area (TPSA) is 31.2 Å². The number of halogens is 1. The number of aryl methyl sites for hydroxylation is 1. The molecule has 0 saturated heterocycles. The highest BCUT2D eigenvalue weighted by molar-refractivity contribution is 6.31. The Labute approximate surface area is 92.2 Å². The number of benzene rings is 1. The van der Waals surface area contributed by atoms with Gasteiger partial charge in [-0.2, -0.15) is 4.73 Å². The molecule has 0 radical (unpaired) electrons. The van der Waals surface area contributed by atoms with E-state index in [1.54, 1.807) is 6.07 Å². The number of carbonyl (C=O) groups is 1. The van der Waals surface area contributed by atoms with Crippen LogP contribution in [0.15, 0.2) is 24.3 Å². The lowest BCUT2D eigenvalue weighted by atomic mass is 10.2. The van der Waals surface area contributed by atoms with Crippen molar-refractivity contribution in [1.82, 2.24) is 4.73 Å². The average Bonchev–Trinajstić information content (AvgIpc) is 2.41. The number of hydrogen-bond donors (Lipinski definition) is 0. The zero-order chi connectivity index (χ0) is 11.0. The lowest BCUT2D eigenvalue weighted by molar-refractivity contribution is -0.141. The standard InChI is InChI=1S/C11H10ClNO2/c1-7-5-9-6-10(12)3-4-11(9)13(7)15-8(2)14/h3-6H,1-2H3. The summed E-state index contributed by atoms with van der Waals surface area (Å²) in [6.07, 6.45) is 0. The normalized spacial score (nSPS) is 10.6. The molecule has 0 N–H and O–H groups in total. The fourth-order valence-electron chi connectivity index (χ4n) is 1.55. The molecule has 1 aromatic carbocycles. The molecule has 78 valence electrons. The van der Waals surface area contributed by atoms with Gasteiger partial charge in [-0.25, -0.2) is 4.79 Å². The van der Waals surface area contributed by atoms with Crippen molar-refractivity contribution in [2.45, 2.75) is 13.8 Å². The molecule has 0 spiro atoms. The summed E-state index contributed by atoms with van der Waals surface area (Å²) in [6, 6.07) is 7.35. The number of hydrogen-bond acceptors (Lipinski definition) is 2. The third kappa shape index (κ3) is 1.83. The second kappa shape index (κ2) is 3.59. The third-order valence-electron chi connectivity index (χ3n) is 2.11. The van der Waals surface area contributed by atoms with Gasteiger partial charge >= 0.3 is 5.97 Å². The van der Waals surface area contributed by atoms with Crippen molar-refractivity contribution in [3.63, 3.8) is 0 Å². The summed E-state index contributed by atoms with van der Waals surface area (Å²) < 4.78 is 1.51. The van der Waals surface area contributed by atoms with E-state index in [0.29, 0.717) is 5.02 Å². The molecule has 4 heteroatoms. The molecule has 15 heavy (non-hydrogen) atoms. The number of rotatable bonds is 1. The van der Waals surface area contributed by atoms with E-state index in [1.807, 2.05) is 25.1 Å². The Bertz CT molecular complexity index is 531. The zero-order valence-electron chi connectivity index (χ0n) is 8.45. The van der Waals surface area contributed by atoms with E-state index in [-0.39, 0.29) is 5.97 Å². The second-order valence-corrected chi connectivity index (χ2v) is 3.80. The monoisotopic (exact) mass is 223 g/mol. The van der Waals surface area contributed by atoms with Crippen LogP contribution in [0.25, 0.3) is 10.9 Å². The Balaban J connectivity index is 2.63. The molecule has 1 aromatic heterocycles. The molecular formula is C11H10ClNO2. The van der Waals surface area contributed by atoms with Gasteiger partial charge < -0.3 is 4.84 Å². The lowest BCUT2D eigenvalue weighted by Gasteiger charge is -2.05. The fraction of sp³-hybridized carbons (Fsp3) is 0.182. The second-order valence-electron chi connectivity index (χ2n) is 3.37. The lowest BCUT2D eigenvalue weighted by Crippen LogP contribution is -2.17. The molecule has 2 aromatic rings. The van der Waals surface area contributed by atoms with Crippen LogP contribution in [0.5, 0.6) is 0 Å². The van der Waals surface area contributed by atoms with Crippen molar-refractivity contribution >= 4 is 28.5 Å². The van der Waals surface area contributed by atoms with Gasteiger partial charge in [0.25, 0.3) is 0 Å². The predicted octanol–water partition coefficient (Wildman–Crippen LogP) is 2.58. The van der Waals surface area contributed by atoms with E-state index in [1.165, 1.54) is 11.7 Å². The molecule has 0 unspecified atom stereocenters. The van der Waals surface area contributed by atoms with Gasteiger partial charge in [0.1, 0.15) is 0 Å². The summed E-state index contributed by atoms with van der Waals surface area (Å²) in [6.45, 7) is 3.25. The van der Waals surface area contributed by atoms with Crippen LogP contribution in [0.4, 0.5) is 0 Å². The molecule has 3 nitrogen and oxygen atoms in total. The van der Waals surface area contributed by atoms with Gasteiger partial charge in [0.2, 0.25) is 0 Å². The largest absolute Gasteiger partial charge is 0.337 e. The minimum Gasteiger partial charge on any atom is -0.337 e. The molecule has 1 heterocycles. The first kappa shape index (κ1) is 10.1. The van der Waals surface area contributed by atoms with Crippen molar-refractivity contribution in [3.05, 3.63) is 35.0 Å². The van der Waals surface area contributed by atoms with Crippen LogP contribution in [0.3, 0.4) is 0 Å². The number of aromatic nitrogens is 1. The molecular weight excluding hydrogens is 214 g/mol. The Morgan fingerprint density at radius 2 is 2.13 bits per heavy atom. The van der Waals surface area contributed by atoms with Gasteiger partial charge in [0, 0.05) is 17.3 Å². The molecule has 0 bridgehead atoms. The van der Waals surface area contributed by atoms with E-state index >= 15 is 0 Å². The fourth-order valence-corrected chi connectivity index (χ4v) is 1.73. The van der Waals surface area contributed by atoms with Crippen LogP contribution in [0, 0.1) is 6.92 Å². The first-order valence-electron chi connectivity index (χ1n) is 4.54. The number of nitrogens with zero attached hydrogens (tertiary/aromatic N) is 1. The van der Waals surface area contributed by atoms with Gasteiger partial charge in [-0.3, -0.25) is 0 Å². The van der Waals surface area contributed by atoms with E-state index < -0.39 is 0 Å². The minimum atomic E-state index is -0.342. The van der Waals surface area contributed by atoms with E-state index in [0.717, 1.165) is 16.6 Å². The summed E-state index contributed by atoms with van der Waals surface area (Å²) >= 11 is 5.87. The Morgan fingerprint density at radius 3 is 2.80 bits per heavy atom. The van der Waals surface area contributed by atoms with Gasteiger partial charge in [0.15, 0.2) is 0 Å². The maximum absolute atomic E-state index is 10.9. The smallest absolute Gasteiger partial charge is 0.329 e. The molecule has 0 saturated carbocycles. The molecule has 0 aliphatic rings. The van der Waals surface area contributed by atoms with Crippen LogP contribution < -0.4 is 4.84 Å². The molecule has 0 aliphatic heterocycles. The van der Waals surface area contributed by atoms with Gasteiger partial charge in [0.05, 0.1) is 11.2 Å². The van der Waals surface area contributed by atoms with Crippen molar-refractivity contribution in [1.29, 1.82) is 0 Å².